The van der Waals surface area contributed by atoms with Gasteiger partial charge in [0.1, 0.15) is 0 Å². The second kappa shape index (κ2) is 9.54. The van der Waals surface area contributed by atoms with Crippen LogP contribution in [0.25, 0.3) is 0 Å². The molecule has 5 nitrogen and oxygen atoms in total. The zero-order valence-electron chi connectivity index (χ0n) is 14.0. The van der Waals surface area contributed by atoms with E-state index < -0.39 is 12.2 Å². The van der Waals surface area contributed by atoms with Gasteiger partial charge < -0.3 is 24.4 Å². The molecule has 22 heavy (non-hydrogen) atoms. The van der Waals surface area contributed by atoms with E-state index in [9.17, 15) is 10.2 Å². The van der Waals surface area contributed by atoms with Crippen LogP contribution in [0, 0.1) is 0 Å². The van der Waals surface area contributed by atoms with Crippen molar-refractivity contribution >= 4 is 0 Å². The van der Waals surface area contributed by atoms with Gasteiger partial charge in [-0.05, 0) is 52.2 Å². The molecule has 0 heterocycles. The number of ether oxygens (including phenoxy) is 3. The molecule has 0 saturated carbocycles. The number of aryl methyl sites for hydroxylation is 1. The molecule has 0 bridgehead atoms. The van der Waals surface area contributed by atoms with Crippen LogP contribution in [-0.2, 0) is 6.42 Å². The van der Waals surface area contributed by atoms with Crippen LogP contribution >= 0.6 is 0 Å². The fourth-order valence-electron chi connectivity index (χ4n) is 2.18. The molecular formula is C17H28O5. The highest BCUT2D eigenvalue weighted by Crippen LogP contribution is 2.41. The fraction of sp³-hybridized carbons (Fsp3) is 0.647. The van der Waals surface area contributed by atoms with Crippen molar-refractivity contribution in [1.82, 2.24) is 0 Å². The summed E-state index contributed by atoms with van der Waals surface area (Å²) in [6.07, 6.45) is -0.452. The molecule has 2 N–H and O–H groups in total. The van der Waals surface area contributed by atoms with E-state index in [2.05, 4.69) is 0 Å². The molecule has 0 amide bonds. The first-order valence-corrected chi connectivity index (χ1v) is 7.95. The SMILES string of the molecule is CCOc1ccc(CCC(O)C(C)O)c(OCC)c1OCC. The molecule has 0 aliphatic carbocycles. The van der Waals surface area contributed by atoms with Crippen molar-refractivity contribution in [1.29, 1.82) is 0 Å². The van der Waals surface area contributed by atoms with Crippen LogP contribution in [0.1, 0.15) is 39.7 Å². The number of rotatable bonds is 10. The Morgan fingerprint density at radius 2 is 1.50 bits per heavy atom. The maximum absolute atomic E-state index is 9.77. The van der Waals surface area contributed by atoms with E-state index in [1.54, 1.807) is 6.92 Å². The minimum atomic E-state index is -0.753. The molecular weight excluding hydrogens is 284 g/mol. The van der Waals surface area contributed by atoms with Gasteiger partial charge in [-0.3, -0.25) is 0 Å². The van der Waals surface area contributed by atoms with Crippen molar-refractivity contribution in [3.05, 3.63) is 17.7 Å². The number of aliphatic hydroxyl groups is 2. The Morgan fingerprint density at radius 1 is 0.909 bits per heavy atom. The van der Waals surface area contributed by atoms with Crippen LogP contribution in [0.2, 0.25) is 0 Å². The van der Waals surface area contributed by atoms with Gasteiger partial charge in [-0.25, -0.2) is 0 Å². The standard InChI is InChI=1S/C17H28O5/c1-5-20-15-11-9-13(8-10-14(19)12(4)18)16(21-6-2)17(15)22-7-3/h9,11-12,14,18-19H,5-8,10H2,1-4H3. The summed E-state index contributed by atoms with van der Waals surface area (Å²) in [5.74, 6) is 1.93. The Balaban J connectivity index is 3.06. The number of hydrogen-bond acceptors (Lipinski definition) is 5. The average molecular weight is 312 g/mol. The van der Waals surface area contributed by atoms with Crippen molar-refractivity contribution in [2.24, 2.45) is 0 Å². The Kier molecular flexibility index (Phi) is 8.06. The van der Waals surface area contributed by atoms with Crippen LogP contribution in [0.5, 0.6) is 17.2 Å². The lowest BCUT2D eigenvalue weighted by Gasteiger charge is -2.19. The van der Waals surface area contributed by atoms with E-state index >= 15 is 0 Å². The largest absolute Gasteiger partial charge is 0.490 e. The highest BCUT2D eigenvalue weighted by atomic mass is 16.5. The van der Waals surface area contributed by atoms with Crippen LogP contribution < -0.4 is 14.2 Å². The van der Waals surface area contributed by atoms with Gasteiger partial charge in [0.2, 0.25) is 5.75 Å². The third-order valence-corrected chi connectivity index (χ3v) is 3.30. The minimum absolute atomic E-state index is 0.456. The summed E-state index contributed by atoms with van der Waals surface area (Å²) in [6.45, 7) is 8.90. The van der Waals surface area contributed by atoms with E-state index in [0.717, 1.165) is 5.56 Å². The Hall–Kier alpha value is -1.46. The molecule has 0 saturated heterocycles. The summed E-state index contributed by atoms with van der Waals surface area (Å²) < 4.78 is 17.1. The topological polar surface area (TPSA) is 68.2 Å². The lowest BCUT2D eigenvalue weighted by atomic mass is 10.0. The van der Waals surface area contributed by atoms with E-state index in [1.807, 2.05) is 32.9 Å². The molecule has 0 radical (unpaired) electrons. The Morgan fingerprint density at radius 3 is 2.05 bits per heavy atom. The second-order valence-corrected chi connectivity index (χ2v) is 5.03. The first-order valence-electron chi connectivity index (χ1n) is 7.95. The van der Waals surface area contributed by atoms with Crippen molar-refractivity contribution in [2.75, 3.05) is 19.8 Å². The van der Waals surface area contributed by atoms with E-state index in [-0.39, 0.29) is 0 Å². The fourth-order valence-corrected chi connectivity index (χ4v) is 2.18. The van der Waals surface area contributed by atoms with Gasteiger partial charge in [-0.2, -0.15) is 0 Å². The molecule has 0 fully saturated rings. The first-order chi connectivity index (χ1) is 10.5. The van der Waals surface area contributed by atoms with Crippen LogP contribution in [0.15, 0.2) is 12.1 Å². The molecule has 1 aromatic carbocycles. The zero-order valence-corrected chi connectivity index (χ0v) is 14.0. The maximum atomic E-state index is 9.77. The van der Waals surface area contributed by atoms with Crippen LogP contribution in [0.4, 0.5) is 0 Å². The van der Waals surface area contributed by atoms with Crippen molar-refractivity contribution in [2.45, 2.75) is 52.7 Å². The van der Waals surface area contributed by atoms with E-state index in [4.69, 9.17) is 14.2 Å². The van der Waals surface area contributed by atoms with E-state index in [0.29, 0.717) is 49.9 Å². The van der Waals surface area contributed by atoms with Gasteiger partial charge in [0.25, 0.3) is 0 Å². The Bertz CT molecular complexity index is 445. The first kappa shape index (κ1) is 18.6. The molecule has 2 atom stereocenters. The molecule has 0 aliphatic rings. The van der Waals surface area contributed by atoms with Crippen LogP contribution in [-0.4, -0.2) is 42.2 Å². The predicted molar refractivity (Wildman–Crippen MR) is 86.0 cm³/mol. The van der Waals surface area contributed by atoms with Gasteiger partial charge in [0, 0.05) is 0 Å². The smallest absolute Gasteiger partial charge is 0.203 e. The molecule has 1 aromatic rings. The highest BCUT2D eigenvalue weighted by Gasteiger charge is 2.19. The van der Waals surface area contributed by atoms with Gasteiger partial charge in [-0.15, -0.1) is 0 Å². The molecule has 0 aromatic heterocycles. The third kappa shape index (κ3) is 5.07. The molecule has 126 valence electrons. The lowest BCUT2D eigenvalue weighted by Crippen LogP contribution is -2.23. The zero-order chi connectivity index (χ0) is 16.5. The van der Waals surface area contributed by atoms with Gasteiger partial charge in [0.15, 0.2) is 11.5 Å². The van der Waals surface area contributed by atoms with Gasteiger partial charge >= 0.3 is 0 Å². The lowest BCUT2D eigenvalue weighted by molar-refractivity contribution is 0.0264. The monoisotopic (exact) mass is 312 g/mol. The van der Waals surface area contributed by atoms with Crippen LogP contribution in [0.3, 0.4) is 0 Å². The molecule has 2 unspecified atom stereocenters. The molecule has 5 heteroatoms. The molecule has 0 spiro atoms. The van der Waals surface area contributed by atoms with Crippen molar-refractivity contribution in [3.8, 4) is 17.2 Å². The predicted octanol–water partition coefficient (Wildman–Crippen LogP) is 2.56. The Labute approximate surface area is 132 Å². The highest BCUT2D eigenvalue weighted by molar-refractivity contribution is 5.56. The summed E-state index contributed by atoms with van der Waals surface area (Å²) >= 11 is 0. The summed E-state index contributed by atoms with van der Waals surface area (Å²) in [7, 11) is 0. The summed E-state index contributed by atoms with van der Waals surface area (Å²) in [5, 5.41) is 19.2. The second-order valence-electron chi connectivity index (χ2n) is 5.03. The summed E-state index contributed by atoms with van der Waals surface area (Å²) in [5.41, 5.74) is 0.938. The van der Waals surface area contributed by atoms with Gasteiger partial charge in [-0.1, -0.05) is 6.07 Å². The third-order valence-electron chi connectivity index (χ3n) is 3.30. The molecule has 1 rings (SSSR count). The average Bonchev–Trinajstić information content (AvgIpc) is 2.49. The number of hydrogen-bond donors (Lipinski definition) is 2. The van der Waals surface area contributed by atoms with Gasteiger partial charge in [0.05, 0.1) is 32.0 Å². The quantitative estimate of drug-likeness (QED) is 0.695. The summed E-state index contributed by atoms with van der Waals surface area (Å²) in [4.78, 5) is 0. The number of aliphatic hydroxyl groups excluding tert-OH is 2. The van der Waals surface area contributed by atoms with E-state index in [1.165, 1.54) is 0 Å². The maximum Gasteiger partial charge on any atom is 0.203 e. The van der Waals surface area contributed by atoms with Crippen molar-refractivity contribution < 1.29 is 24.4 Å². The summed E-state index contributed by atoms with van der Waals surface area (Å²) in [6, 6.07) is 3.79. The molecule has 0 aliphatic heterocycles. The van der Waals surface area contributed by atoms with Crippen molar-refractivity contribution in [3.63, 3.8) is 0 Å². The number of benzene rings is 1. The normalized spacial score (nSPS) is 13.5. The minimum Gasteiger partial charge on any atom is -0.490 e.